The first kappa shape index (κ1) is 12.1. The number of thiophene rings is 1. The summed E-state index contributed by atoms with van der Waals surface area (Å²) >= 11 is 1.74. The van der Waals surface area contributed by atoms with E-state index >= 15 is 0 Å². The number of nitrogens with one attached hydrogen (secondary N) is 1. The molecule has 17 heavy (non-hydrogen) atoms. The monoisotopic (exact) mass is 247 g/mol. The molecule has 0 radical (unpaired) electrons. The number of hydrogen-bond acceptors (Lipinski definition) is 4. The van der Waals surface area contributed by atoms with Crippen LogP contribution in [0.4, 0.5) is 5.82 Å². The number of nitrogens with two attached hydrogens (primary N) is 1. The van der Waals surface area contributed by atoms with Gasteiger partial charge in [0.25, 0.3) is 0 Å². The van der Waals surface area contributed by atoms with Crippen molar-refractivity contribution in [1.29, 1.82) is 0 Å². The standard InChI is InChI=1S/C13H17N3S/c1-9-7-17-8-11(9)12(15-2)6-10-4-3-5-16-13(10)14/h3-5,7-8,12,15H,6H2,1-2H3,(H2,14,16). The van der Waals surface area contributed by atoms with Gasteiger partial charge in [-0.15, -0.1) is 0 Å². The molecule has 0 amide bonds. The molecule has 0 saturated carbocycles. The first-order valence-corrected chi connectivity index (χ1v) is 6.56. The smallest absolute Gasteiger partial charge is 0.126 e. The summed E-state index contributed by atoms with van der Waals surface area (Å²) in [5.41, 5.74) is 9.65. The van der Waals surface area contributed by atoms with Gasteiger partial charge in [-0.05, 0) is 53.9 Å². The molecule has 90 valence electrons. The van der Waals surface area contributed by atoms with Crippen LogP contribution < -0.4 is 11.1 Å². The Morgan fingerprint density at radius 2 is 2.29 bits per heavy atom. The fraction of sp³-hybridized carbons (Fsp3) is 0.308. The summed E-state index contributed by atoms with van der Waals surface area (Å²) in [6.45, 7) is 2.14. The van der Waals surface area contributed by atoms with Gasteiger partial charge < -0.3 is 11.1 Å². The first-order valence-electron chi connectivity index (χ1n) is 5.61. The molecule has 2 heterocycles. The van der Waals surface area contributed by atoms with Crippen LogP contribution >= 0.6 is 11.3 Å². The fourth-order valence-corrected chi connectivity index (χ4v) is 2.84. The fourth-order valence-electron chi connectivity index (χ4n) is 1.94. The summed E-state index contributed by atoms with van der Waals surface area (Å²) in [6.07, 6.45) is 2.59. The van der Waals surface area contributed by atoms with Gasteiger partial charge >= 0.3 is 0 Å². The number of likely N-dealkylation sites (N-methyl/N-ethyl adjacent to an activating group) is 1. The Balaban J connectivity index is 2.22. The zero-order valence-electron chi connectivity index (χ0n) is 10.1. The topological polar surface area (TPSA) is 50.9 Å². The van der Waals surface area contributed by atoms with E-state index in [9.17, 15) is 0 Å². The predicted molar refractivity (Wildman–Crippen MR) is 73.2 cm³/mol. The van der Waals surface area contributed by atoms with Gasteiger partial charge in [-0.2, -0.15) is 11.3 Å². The lowest BCUT2D eigenvalue weighted by Crippen LogP contribution is -2.19. The van der Waals surface area contributed by atoms with Gasteiger partial charge in [0.2, 0.25) is 0 Å². The van der Waals surface area contributed by atoms with Crippen molar-refractivity contribution in [3.05, 3.63) is 45.8 Å². The summed E-state index contributed by atoms with van der Waals surface area (Å²) in [5.74, 6) is 0.626. The number of aryl methyl sites for hydroxylation is 1. The average molecular weight is 247 g/mol. The van der Waals surface area contributed by atoms with E-state index in [-0.39, 0.29) is 0 Å². The Labute approximate surface area is 106 Å². The van der Waals surface area contributed by atoms with Crippen LogP contribution in [0.2, 0.25) is 0 Å². The molecular formula is C13H17N3S. The molecule has 0 aliphatic rings. The van der Waals surface area contributed by atoms with Crippen molar-refractivity contribution >= 4 is 17.2 Å². The van der Waals surface area contributed by atoms with E-state index in [0.29, 0.717) is 11.9 Å². The summed E-state index contributed by atoms with van der Waals surface area (Å²) in [4.78, 5) is 4.12. The minimum Gasteiger partial charge on any atom is -0.383 e. The van der Waals surface area contributed by atoms with Crippen LogP contribution in [-0.4, -0.2) is 12.0 Å². The molecule has 0 aliphatic heterocycles. The molecule has 1 atom stereocenters. The molecule has 3 N–H and O–H groups in total. The molecule has 2 rings (SSSR count). The average Bonchev–Trinajstić information content (AvgIpc) is 2.75. The number of nitrogens with zero attached hydrogens (tertiary/aromatic N) is 1. The normalized spacial score (nSPS) is 12.6. The number of nitrogen functional groups attached to an aromatic ring is 1. The molecule has 0 bridgehead atoms. The molecule has 0 fully saturated rings. The van der Waals surface area contributed by atoms with E-state index < -0.39 is 0 Å². The van der Waals surface area contributed by atoms with Crippen LogP contribution in [0, 0.1) is 6.92 Å². The second-order valence-electron chi connectivity index (χ2n) is 4.10. The Morgan fingerprint density at radius 1 is 1.47 bits per heavy atom. The van der Waals surface area contributed by atoms with Crippen LogP contribution in [0.5, 0.6) is 0 Å². The van der Waals surface area contributed by atoms with E-state index in [4.69, 9.17) is 5.73 Å². The highest BCUT2D eigenvalue weighted by Gasteiger charge is 2.14. The third kappa shape index (κ3) is 2.65. The Bertz CT molecular complexity index is 493. The summed E-state index contributed by atoms with van der Waals surface area (Å²) in [7, 11) is 1.98. The zero-order valence-corrected chi connectivity index (χ0v) is 10.9. The lowest BCUT2D eigenvalue weighted by Gasteiger charge is -2.17. The quantitative estimate of drug-likeness (QED) is 0.873. The molecule has 2 aromatic rings. The second kappa shape index (κ2) is 5.29. The SMILES string of the molecule is CNC(Cc1cccnc1N)c1cscc1C. The zero-order chi connectivity index (χ0) is 12.3. The van der Waals surface area contributed by atoms with Crippen molar-refractivity contribution in [2.75, 3.05) is 12.8 Å². The third-order valence-corrected chi connectivity index (χ3v) is 3.85. The van der Waals surface area contributed by atoms with E-state index in [1.54, 1.807) is 17.5 Å². The maximum atomic E-state index is 5.88. The third-order valence-electron chi connectivity index (χ3n) is 2.97. The van der Waals surface area contributed by atoms with E-state index in [1.807, 2.05) is 19.2 Å². The lowest BCUT2D eigenvalue weighted by molar-refractivity contribution is 0.591. The minimum absolute atomic E-state index is 0.299. The molecule has 2 aromatic heterocycles. The van der Waals surface area contributed by atoms with Crippen LogP contribution in [0.15, 0.2) is 29.1 Å². The molecule has 3 nitrogen and oxygen atoms in total. The molecule has 0 spiro atoms. The van der Waals surface area contributed by atoms with E-state index in [0.717, 1.165) is 12.0 Å². The van der Waals surface area contributed by atoms with Crippen LogP contribution in [0.25, 0.3) is 0 Å². The van der Waals surface area contributed by atoms with Gasteiger partial charge in [-0.3, -0.25) is 0 Å². The van der Waals surface area contributed by atoms with Gasteiger partial charge in [0.05, 0.1) is 0 Å². The van der Waals surface area contributed by atoms with Crippen molar-refractivity contribution < 1.29 is 0 Å². The van der Waals surface area contributed by atoms with Crippen molar-refractivity contribution in [3.8, 4) is 0 Å². The lowest BCUT2D eigenvalue weighted by atomic mass is 9.99. The number of aromatic nitrogens is 1. The highest BCUT2D eigenvalue weighted by Crippen LogP contribution is 2.25. The minimum atomic E-state index is 0.299. The van der Waals surface area contributed by atoms with Gasteiger partial charge in [0, 0.05) is 12.2 Å². The number of pyridine rings is 1. The van der Waals surface area contributed by atoms with Crippen LogP contribution in [0.3, 0.4) is 0 Å². The largest absolute Gasteiger partial charge is 0.383 e. The van der Waals surface area contributed by atoms with Crippen LogP contribution in [0.1, 0.15) is 22.7 Å². The maximum absolute atomic E-state index is 5.88. The predicted octanol–water partition coefficient (Wildman–Crippen LogP) is 2.54. The highest BCUT2D eigenvalue weighted by molar-refractivity contribution is 7.08. The molecule has 4 heteroatoms. The Kier molecular flexibility index (Phi) is 3.76. The van der Waals surface area contributed by atoms with Crippen LogP contribution in [-0.2, 0) is 6.42 Å². The summed E-state index contributed by atoms with van der Waals surface area (Å²) in [6, 6.07) is 4.26. The summed E-state index contributed by atoms with van der Waals surface area (Å²) in [5, 5.41) is 7.71. The van der Waals surface area contributed by atoms with E-state index in [2.05, 4.69) is 28.0 Å². The molecule has 0 aromatic carbocycles. The second-order valence-corrected chi connectivity index (χ2v) is 4.85. The molecule has 0 aliphatic carbocycles. The summed E-state index contributed by atoms with van der Waals surface area (Å²) < 4.78 is 0. The van der Waals surface area contributed by atoms with E-state index in [1.165, 1.54) is 11.1 Å². The van der Waals surface area contributed by atoms with Crippen molar-refractivity contribution in [1.82, 2.24) is 10.3 Å². The first-order chi connectivity index (χ1) is 8.22. The Hall–Kier alpha value is -1.39. The van der Waals surface area contributed by atoms with Gasteiger partial charge in [-0.25, -0.2) is 4.98 Å². The molecular weight excluding hydrogens is 230 g/mol. The Morgan fingerprint density at radius 3 is 2.88 bits per heavy atom. The molecule has 0 saturated heterocycles. The number of rotatable bonds is 4. The van der Waals surface area contributed by atoms with Gasteiger partial charge in [0.15, 0.2) is 0 Å². The molecule has 1 unspecified atom stereocenters. The van der Waals surface area contributed by atoms with Crippen molar-refractivity contribution in [2.24, 2.45) is 0 Å². The van der Waals surface area contributed by atoms with Crippen molar-refractivity contribution in [3.63, 3.8) is 0 Å². The maximum Gasteiger partial charge on any atom is 0.126 e. The van der Waals surface area contributed by atoms with Gasteiger partial charge in [-0.1, -0.05) is 6.07 Å². The number of hydrogen-bond donors (Lipinski definition) is 2. The van der Waals surface area contributed by atoms with Crippen molar-refractivity contribution in [2.45, 2.75) is 19.4 Å². The van der Waals surface area contributed by atoms with Gasteiger partial charge in [0.1, 0.15) is 5.82 Å². The number of anilines is 1. The highest BCUT2D eigenvalue weighted by atomic mass is 32.1.